The number of halogens is 2. The third kappa shape index (κ3) is 3.54. The van der Waals surface area contributed by atoms with Gasteiger partial charge in [0.1, 0.15) is 11.6 Å². The molecule has 0 spiro atoms. The molecule has 1 saturated carbocycles. The van der Waals surface area contributed by atoms with Crippen molar-refractivity contribution in [1.82, 2.24) is 5.32 Å². The van der Waals surface area contributed by atoms with E-state index in [9.17, 15) is 18.7 Å². The number of nitrogens with one attached hydrogen (secondary N) is 1. The van der Waals surface area contributed by atoms with E-state index in [1.54, 1.807) is 0 Å². The van der Waals surface area contributed by atoms with Crippen LogP contribution in [0.5, 0.6) is 0 Å². The third-order valence-electron chi connectivity index (χ3n) is 3.82. The van der Waals surface area contributed by atoms with Crippen molar-refractivity contribution in [1.29, 1.82) is 0 Å². The Bertz CT molecular complexity index is 507. The van der Waals surface area contributed by atoms with E-state index in [2.05, 4.69) is 12.2 Å². The van der Waals surface area contributed by atoms with Gasteiger partial charge in [-0.1, -0.05) is 19.8 Å². The summed E-state index contributed by atoms with van der Waals surface area (Å²) in [5, 5.41) is 12.9. The average Bonchev–Trinajstić information content (AvgIpc) is 2.39. The van der Waals surface area contributed by atoms with Crippen LogP contribution >= 0.6 is 0 Å². The van der Waals surface area contributed by atoms with Crippen molar-refractivity contribution in [3.63, 3.8) is 0 Å². The highest BCUT2D eigenvalue weighted by Gasteiger charge is 2.33. The van der Waals surface area contributed by atoms with Gasteiger partial charge >= 0.3 is 0 Å². The second-order valence-corrected chi connectivity index (χ2v) is 5.73. The van der Waals surface area contributed by atoms with Crippen LogP contribution in [0, 0.1) is 17.6 Å². The van der Waals surface area contributed by atoms with Crippen LogP contribution in [-0.2, 0) is 0 Å². The van der Waals surface area contributed by atoms with Gasteiger partial charge in [0.15, 0.2) is 0 Å². The van der Waals surface area contributed by atoms with E-state index < -0.39 is 23.1 Å². The first kappa shape index (κ1) is 14.9. The summed E-state index contributed by atoms with van der Waals surface area (Å²) in [5.74, 6) is -1.74. The lowest BCUT2D eigenvalue weighted by atomic mass is 9.79. The van der Waals surface area contributed by atoms with Crippen molar-refractivity contribution in [2.75, 3.05) is 6.54 Å². The number of rotatable bonds is 3. The first-order valence-electron chi connectivity index (χ1n) is 6.85. The zero-order valence-electron chi connectivity index (χ0n) is 11.5. The van der Waals surface area contributed by atoms with Gasteiger partial charge in [0.25, 0.3) is 5.91 Å². The molecule has 1 aliphatic carbocycles. The van der Waals surface area contributed by atoms with Gasteiger partial charge in [-0.25, -0.2) is 8.78 Å². The van der Waals surface area contributed by atoms with Crippen molar-refractivity contribution in [3.8, 4) is 0 Å². The molecule has 1 aliphatic rings. The van der Waals surface area contributed by atoms with Gasteiger partial charge in [0.2, 0.25) is 0 Å². The van der Waals surface area contributed by atoms with Crippen molar-refractivity contribution in [2.45, 2.75) is 38.2 Å². The van der Waals surface area contributed by atoms with E-state index in [4.69, 9.17) is 0 Å². The summed E-state index contributed by atoms with van der Waals surface area (Å²) in [6.45, 7) is 2.12. The van der Waals surface area contributed by atoms with Gasteiger partial charge < -0.3 is 10.4 Å². The lowest BCUT2D eigenvalue weighted by molar-refractivity contribution is -0.0109. The number of amides is 1. The molecular formula is C15H19F2NO2. The monoisotopic (exact) mass is 283 g/mol. The highest BCUT2D eigenvalue weighted by Crippen LogP contribution is 2.31. The van der Waals surface area contributed by atoms with Crippen LogP contribution in [0.15, 0.2) is 18.2 Å². The smallest absolute Gasteiger partial charge is 0.254 e. The van der Waals surface area contributed by atoms with Crippen LogP contribution in [0.25, 0.3) is 0 Å². The fourth-order valence-electron chi connectivity index (χ4n) is 2.80. The molecule has 0 aliphatic heterocycles. The predicted octanol–water partition coefficient (Wildman–Crippen LogP) is 2.64. The van der Waals surface area contributed by atoms with Crippen LogP contribution in [0.1, 0.15) is 43.0 Å². The molecule has 0 aromatic heterocycles. The highest BCUT2D eigenvalue weighted by atomic mass is 19.1. The zero-order valence-corrected chi connectivity index (χ0v) is 11.5. The normalized spacial score (nSPS) is 26.3. The van der Waals surface area contributed by atoms with Crippen molar-refractivity contribution in [3.05, 3.63) is 35.4 Å². The van der Waals surface area contributed by atoms with Crippen molar-refractivity contribution < 1.29 is 18.7 Å². The Kier molecular flexibility index (Phi) is 4.38. The number of aliphatic hydroxyl groups is 1. The molecule has 1 fully saturated rings. The van der Waals surface area contributed by atoms with Gasteiger partial charge in [0.05, 0.1) is 11.2 Å². The van der Waals surface area contributed by atoms with Crippen molar-refractivity contribution >= 4 is 5.91 Å². The minimum absolute atomic E-state index is 0.0616. The molecule has 0 saturated heterocycles. The van der Waals surface area contributed by atoms with Crippen molar-refractivity contribution in [2.24, 2.45) is 5.92 Å². The molecular weight excluding hydrogens is 264 g/mol. The molecule has 20 heavy (non-hydrogen) atoms. The number of hydrogen-bond donors (Lipinski definition) is 2. The second kappa shape index (κ2) is 5.87. The summed E-state index contributed by atoms with van der Waals surface area (Å²) in [5.41, 5.74) is -1.28. The molecule has 1 aromatic rings. The number of hydrogen-bond acceptors (Lipinski definition) is 2. The number of carbonyl (C=O) groups is 1. The Morgan fingerprint density at radius 3 is 2.95 bits per heavy atom. The number of benzene rings is 1. The molecule has 2 unspecified atom stereocenters. The molecule has 0 heterocycles. The van der Waals surface area contributed by atoms with E-state index in [0.29, 0.717) is 18.8 Å². The summed E-state index contributed by atoms with van der Waals surface area (Å²) >= 11 is 0. The van der Waals surface area contributed by atoms with Crippen LogP contribution < -0.4 is 5.32 Å². The third-order valence-corrected chi connectivity index (χ3v) is 3.82. The Balaban J connectivity index is 1.99. The van der Waals surface area contributed by atoms with Crippen LogP contribution in [0.4, 0.5) is 8.78 Å². The standard InChI is InChI=1S/C15H19F2NO2/c1-10-3-2-6-15(20,8-10)9-18-14(19)12-7-11(16)4-5-13(12)17/h4-5,7,10,20H,2-3,6,8-9H2,1H3,(H,18,19). The Morgan fingerprint density at radius 1 is 1.50 bits per heavy atom. The van der Waals surface area contributed by atoms with Gasteiger partial charge in [-0.3, -0.25) is 4.79 Å². The van der Waals surface area contributed by atoms with E-state index >= 15 is 0 Å². The molecule has 2 N–H and O–H groups in total. The Hall–Kier alpha value is -1.49. The minimum atomic E-state index is -0.947. The van der Waals surface area contributed by atoms with Crippen LogP contribution in [0.2, 0.25) is 0 Å². The van der Waals surface area contributed by atoms with E-state index in [1.165, 1.54) is 0 Å². The molecule has 110 valence electrons. The van der Waals surface area contributed by atoms with Crippen LogP contribution in [0.3, 0.4) is 0 Å². The molecule has 0 radical (unpaired) electrons. The average molecular weight is 283 g/mol. The lowest BCUT2D eigenvalue weighted by Gasteiger charge is -2.35. The lowest BCUT2D eigenvalue weighted by Crippen LogP contribution is -2.45. The SMILES string of the molecule is CC1CCCC(O)(CNC(=O)c2cc(F)ccc2F)C1. The molecule has 5 heteroatoms. The molecule has 1 amide bonds. The van der Waals surface area contributed by atoms with Crippen LogP contribution in [-0.4, -0.2) is 23.2 Å². The fraction of sp³-hybridized carbons (Fsp3) is 0.533. The van der Waals surface area contributed by atoms with Gasteiger partial charge in [-0.2, -0.15) is 0 Å². The maximum Gasteiger partial charge on any atom is 0.254 e. The second-order valence-electron chi connectivity index (χ2n) is 5.73. The topological polar surface area (TPSA) is 49.3 Å². The molecule has 3 nitrogen and oxygen atoms in total. The summed E-state index contributed by atoms with van der Waals surface area (Å²) in [7, 11) is 0. The van der Waals surface area contributed by atoms with Gasteiger partial charge in [-0.15, -0.1) is 0 Å². The maximum atomic E-state index is 13.5. The summed E-state index contributed by atoms with van der Waals surface area (Å²) in [4.78, 5) is 11.9. The molecule has 1 aromatic carbocycles. The summed E-state index contributed by atoms with van der Waals surface area (Å²) < 4.78 is 26.5. The summed E-state index contributed by atoms with van der Waals surface area (Å²) in [6.07, 6.45) is 3.19. The summed E-state index contributed by atoms with van der Waals surface area (Å²) in [6, 6.07) is 2.74. The minimum Gasteiger partial charge on any atom is -0.388 e. The zero-order chi connectivity index (χ0) is 14.8. The maximum absolute atomic E-state index is 13.5. The molecule has 0 bridgehead atoms. The first-order valence-corrected chi connectivity index (χ1v) is 6.85. The molecule has 2 atom stereocenters. The Labute approximate surface area is 117 Å². The Morgan fingerprint density at radius 2 is 2.25 bits per heavy atom. The van der Waals surface area contributed by atoms with Gasteiger partial charge in [-0.05, 0) is 37.0 Å². The number of carbonyl (C=O) groups excluding carboxylic acids is 1. The quantitative estimate of drug-likeness (QED) is 0.896. The van der Waals surface area contributed by atoms with E-state index in [1.807, 2.05) is 0 Å². The van der Waals surface area contributed by atoms with Gasteiger partial charge in [0, 0.05) is 6.54 Å². The first-order chi connectivity index (χ1) is 9.39. The highest BCUT2D eigenvalue weighted by molar-refractivity contribution is 5.94. The van der Waals surface area contributed by atoms with E-state index in [0.717, 1.165) is 31.0 Å². The molecule has 2 rings (SSSR count). The largest absolute Gasteiger partial charge is 0.388 e. The van der Waals surface area contributed by atoms with E-state index in [-0.39, 0.29) is 12.1 Å². The fourth-order valence-corrected chi connectivity index (χ4v) is 2.80. The predicted molar refractivity (Wildman–Crippen MR) is 71.3 cm³/mol.